The average Bonchev–Trinajstić information content (AvgIpc) is 2.19. The zero-order valence-corrected chi connectivity index (χ0v) is 9.43. The van der Waals surface area contributed by atoms with Crippen molar-refractivity contribution in [3.63, 3.8) is 0 Å². The maximum Gasteiger partial charge on any atom is 0.235 e. The number of hydrogen-bond donors (Lipinski definition) is 1. The molecule has 0 aromatic carbocycles. The lowest BCUT2D eigenvalue weighted by Gasteiger charge is -2.02. The summed E-state index contributed by atoms with van der Waals surface area (Å²) >= 11 is 0.983. The normalized spacial score (nSPS) is 9.73. The van der Waals surface area contributed by atoms with E-state index in [2.05, 4.69) is 10.3 Å². The predicted molar refractivity (Wildman–Crippen MR) is 60.7 cm³/mol. The summed E-state index contributed by atoms with van der Waals surface area (Å²) in [6.07, 6.45) is 1.67. The van der Waals surface area contributed by atoms with E-state index in [0.717, 1.165) is 17.3 Å². The molecular formula is C10H12N2O2S. The van der Waals surface area contributed by atoms with Crippen LogP contribution in [0.1, 0.15) is 12.5 Å². The number of anilines is 1. The minimum Gasteiger partial charge on any atom is -0.310 e. The third kappa shape index (κ3) is 4.60. The Morgan fingerprint density at radius 1 is 1.47 bits per heavy atom. The summed E-state index contributed by atoms with van der Waals surface area (Å²) in [5.41, 5.74) is 1.03. The van der Waals surface area contributed by atoms with Crippen molar-refractivity contribution in [3.05, 3.63) is 23.9 Å². The Bertz CT molecular complexity index is 362. The van der Waals surface area contributed by atoms with Crippen molar-refractivity contribution in [2.75, 3.05) is 11.1 Å². The van der Waals surface area contributed by atoms with E-state index >= 15 is 0 Å². The van der Waals surface area contributed by atoms with Gasteiger partial charge >= 0.3 is 0 Å². The van der Waals surface area contributed by atoms with Crippen LogP contribution in [0.25, 0.3) is 0 Å². The molecule has 0 saturated carbocycles. The van der Waals surface area contributed by atoms with Crippen molar-refractivity contribution in [2.45, 2.75) is 13.8 Å². The van der Waals surface area contributed by atoms with E-state index in [4.69, 9.17) is 0 Å². The summed E-state index contributed by atoms with van der Waals surface area (Å²) < 4.78 is 0. The van der Waals surface area contributed by atoms with Crippen LogP contribution in [0, 0.1) is 6.92 Å². The Kier molecular flexibility index (Phi) is 4.30. The maximum absolute atomic E-state index is 11.3. The number of aryl methyl sites for hydroxylation is 1. The van der Waals surface area contributed by atoms with Gasteiger partial charge in [-0.2, -0.15) is 0 Å². The molecule has 1 amide bonds. The first-order valence-electron chi connectivity index (χ1n) is 4.44. The van der Waals surface area contributed by atoms with Crippen LogP contribution in [0.15, 0.2) is 18.3 Å². The highest BCUT2D eigenvalue weighted by Crippen LogP contribution is 2.06. The van der Waals surface area contributed by atoms with Gasteiger partial charge in [-0.25, -0.2) is 4.98 Å². The summed E-state index contributed by atoms with van der Waals surface area (Å²) in [5.74, 6) is 0.423. The molecule has 4 nitrogen and oxygen atoms in total. The third-order valence-corrected chi connectivity index (χ3v) is 2.40. The van der Waals surface area contributed by atoms with Gasteiger partial charge in [0.15, 0.2) is 5.12 Å². The number of thioether (sulfide) groups is 1. The van der Waals surface area contributed by atoms with E-state index in [0.29, 0.717) is 5.82 Å². The quantitative estimate of drug-likeness (QED) is 0.847. The average molecular weight is 224 g/mol. The molecule has 0 spiro atoms. The molecule has 0 radical (unpaired) electrons. The molecule has 0 saturated heterocycles. The summed E-state index contributed by atoms with van der Waals surface area (Å²) in [6.45, 7) is 3.35. The second kappa shape index (κ2) is 5.50. The predicted octanol–water partition coefficient (Wildman–Crippen LogP) is 1.61. The molecular weight excluding hydrogens is 212 g/mol. The fourth-order valence-corrected chi connectivity index (χ4v) is 1.29. The van der Waals surface area contributed by atoms with Gasteiger partial charge in [0.05, 0.1) is 5.75 Å². The second-order valence-electron chi connectivity index (χ2n) is 3.05. The van der Waals surface area contributed by atoms with Gasteiger partial charge in [0.1, 0.15) is 5.82 Å². The number of nitrogens with one attached hydrogen (secondary N) is 1. The van der Waals surface area contributed by atoms with Crippen LogP contribution in [0.3, 0.4) is 0 Å². The van der Waals surface area contributed by atoms with E-state index in [1.54, 1.807) is 12.3 Å². The Morgan fingerprint density at radius 3 is 2.73 bits per heavy atom. The molecule has 0 atom stereocenters. The summed E-state index contributed by atoms with van der Waals surface area (Å²) in [4.78, 5) is 25.9. The molecule has 1 rings (SSSR count). The van der Waals surface area contributed by atoms with Crippen LogP contribution in [0.2, 0.25) is 0 Å². The van der Waals surface area contributed by atoms with Crippen molar-refractivity contribution in [3.8, 4) is 0 Å². The van der Waals surface area contributed by atoms with Crippen LogP contribution >= 0.6 is 11.8 Å². The summed E-state index contributed by atoms with van der Waals surface area (Å²) in [5, 5.41) is 2.53. The smallest absolute Gasteiger partial charge is 0.235 e. The molecule has 0 aliphatic heterocycles. The van der Waals surface area contributed by atoms with Crippen LogP contribution in [0.4, 0.5) is 5.82 Å². The van der Waals surface area contributed by atoms with Crippen LogP contribution in [-0.4, -0.2) is 21.8 Å². The standard InChI is InChI=1S/C10H12N2O2S/c1-7-3-4-9(11-5-7)12-10(14)6-15-8(2)13/h3-5H,6H2,1-2H3,(H,11,12,14). The van der Waals surface area contributed by atoms with Crippen molar-refractivity contribution in [1.82, 2.24) is 4.98 Å². The van der Waals surface area contributed by atoms with Crippen LogP contribution in [-0.2, 0) is 9.59 Å². The Hall–Kier alpha value is -1.36. The van der Waals surface area contributed by atoms with E-state index in [1.165, 1.54) is 6.92 Å². The highest BCUT2D eigenvalue weighted by molar-refractivity contribution is 8.14. The molecule has 1 heterocycles. The maximum atomic E-state index is 11.3. The molecule has 5 heteroatoms. The highest BCUT2D eigenvalue weighted by Gasteiger charge is 2.04. The molecule has 1 aromatic heterocycles. The van der Waals surface area contributed by atoms with Crippen molar-refractivity contribution in [2.24, 2.45) is 0 Å². The van der Waals surface area contributed by atoms with Crippen LogP contribution < -0.4 is 5.32 Å². The molecule has 1 N–H and O–H groups in total. The number of hydrogen-bond acceptors (Lipinski definition) is 4. The molecule has 80 valence electrons. The van der Waals surface area contributed by atoms with Crippen molar-refractivity contribution < 1.29 is 9.59 Å². The molecule has 15 heavy (non-hydrogen) atoms. The van der Waals surface area contributed by atoms with Gasteiger partial charge in [-0.05, 0) is 18.6 Å². The number of pyridine rings is 1. The third-order valence-electron chi connectivity index (χ3n) is 1.59. The van der Waals surface area contributed by atoms with Crippen molar-refractivity contribution >= 4 is 28.6 Å². The van der Waals surface area contributed by atoms with Gasteiger partial charge in [-0.1, -0.05) is 17.8 Å². The Balaban J connectivity index is 2.44. The molecule has 0 fully saturated rings. The van der Waals surface area contributed by atoms with Gasteiger partial charge < -0.3 is 5.32 Å². The number of nitrogens with zero attached hydrogens (tertiary/aromatic N) is 1. The molecule has 0 aliphatic rings. The van der Waals surface area contributed by atoms with E-state index in [1.807, 2.05) is 13.0 Å². The van der Waals surface area contributed by atoms with Gasteiger partial charge in [0.25, 0.3) is 0 Å². The summed E-state index contributed by atoms with van der Waals surface area (Å²) in [6, 6.07) is 3.59. The van der Waals surface area contributed by atoms with Gasteiger partial charge in [0, 0.05) is 13.1 Å². The first-order chi connectivity index (χ1) is 7.08. The number of amides is 1. The van der Waals surface area contributed by atoms with E-state index in [9.17, 15) is 9.59 Å². The summed E-state index contributed by atoms with van der Waals surface area (Å²) in [7, 11) is 0. The molecule has 1 aromatic rings. The zero-order chi connectivity index (χ0) is 11.3. The largest absolute Gasteiger partial charge is 0.310 e. The van der Waals surface area contributed by atoms with Gasteiger partial charge in [-0.15, -0.1) is 0 Å². The number of rotatable bonds is 3. The zero-order valence-electron chi connectivity index (χ0n) is 8.61. The fraction of sp³-hybridized carbons (Fsp3) is 0.300. The van der Waals surface area contributed by atoms with Crippen LogP contribution in [0.5, 0.6) is 0 Å². The van der Waals surface area contributed by atoms with E-state index in [-0.39, 0.29) is 16.8 Å². The SMILES string of the molecule is CC(=O)SCC(=O)Nc1ccc(C)cn1. The number of carbonyl (C=O) groups is 2. The molecule has 0 bridgehead atoms. The lowest BCUT2D eigenvalue weighted by Crippen LogP contribution is -2.15. The topological polar surface area (TPSA) is 59.1 Å². The lowest BCUT2D eigenvalue weighted by molar-refractivity contribution is -0.114. The minimum atomic E-state index is -0.216. The number of aromatic nitrogens is 1. The molecule has 0 unspecified atom stereocenters. The fourth-order valence-electron chi connectivity index (χ4n) is 0.888. The minimum absolute atomic E-state index is 0.0676. The number of carbonyl (C=O) groups excluding carboxylic acids is 2. The van der Waals surface area contributed by atoms with Crippen molar-refractivity contribution in [1.29, 1.82) is 0 Å². The first kappa shape index (κ1) is 11.7. The lowest BCUT2D eigenvalue weighted by atomic mass is 10.3. The first-order valence-corrected chi connectivity index (χ1v) is 5.42. The Morgan fingerprint density at radius 2 is 2.20 bits per heavy atom. The van der Waals surface area contributed by atoms with Gasteiger partial charge in [0.2, 0.25) is 5.91 Å². The molecule has 0 aliphatic carbocycles. The Labute approximate surface area is 92.5 Å². The van der Waals surface area contributed by atoms with E-state index < -0.39 is 0 Å². The van der Waals surface area contributed by atoms with Gasteiger partial charge in [-0.3, -0.25) is 9.59 Å². The second-order valence-corrected chi connectivity index (χ2v) is 4.20. The monoisotopic (exact) mass is 224 g/mol. The highest BCUT2D eigenvalue weighted by atomic mass is 32.2.